The van der Waals surface area contributed by atoms with Crippen LogP contribution in [0.1, 0.15) is 10.4 Å². The van der Waals surface area contributed by atoms with E-state index in [-0.39, 0.29) is 5.88 Å². The zero-order valence-electron chi connectivity index (χ0n) is 7.21. The number of alkyl halides is 1. The maximum absolute atomic E-state index is 10.7. The summed E-state index contributed by atoms with van der Waals surface area (Å²) in [6.07, 6.45) is 0. The Hall–Kier alpha value is -1.06. The van der Waals surface area contributed by atoms with Gasteiger partial charge in [0.1, 0.15) is 5.84 Å². The molecule has 0 saturated carbocycles. The van der Waals surface area contributed by atoms with Crippen molar-refractivity contribution in [3.8, 4) is 0 Å². The fraction of sp³-hybridized carbons (Fsp3) is 0.111. The van der Waals surface area contributed by atoms with Crippen molar-refractivity contribution in [1.82, 2.24) is 0 Å². The first-order valence-electron chi connectivity index (χ1n) is 3.82. The first-order chi connectivity index (χ1) is 6.63. The fourth-order valence-corrected chi connectivity index (χ4v) is 1.05. The van der Waals surface area contributed by atoms with Gasteiger partial charge in [-0.2, -0.15) is 0 Å². The van der Waals surface area contributed by atoms with Crippen LogP contribution in [0.5, 0.6) is 0 Å². The van der Waals surface area contributed by atoms with Gasteiger partial charge in [0.15, 0.2) is 0 Å². The molecule has 5 heteroatoms. The molecule has 14 heavy (non-hydrogen) atoms. The molecule has 0 saturated heterocycles. The minimum absolute atomic E-state index is 0.177. The summed E-state index contributed by atoms with van der Waals surface area (Å²) >= 11 is 10.7. The quantitative estimate of drug-likeness (QED) is 0.375. The first kappa shape index (κ1) is 11.0. The van der Waals surface area contributed by atoms with Crippen molar-refractivity contribution in [1.29, 1.82) is 0 Å². The highest BCUT2D eigenvalue weighted by Crippen LogP contribution is 2.14. The number of benzene rings is 1. The molecule has 0 aliphatic rings. The Labute approximate surface area is 91.5 Å². The standard InChI is InChI=1S/C9H8Cl2N2O/c10-5-8(12)13-7-3-1-6(2-4-7)9(11)14/h1-4H,5H2,(H2,12,13). The van der Waals surface area contributed by atoms with Crippen LogP contribution in [0.2, 0.25) is 0 Å². The van der Waals surface area contributed by atoms with Gasteiger partial charge in [0.25, 0.3) is 5.24 Å². The maximum atomic E-state index is 10.7. The summed E-state index contributed by atoms with van der Waals surface area (Å²) in [5.74, 6) is 0.507. The molecular weight excluding hydrogens is 223 g/mol. The second-order valence-corrected chi connectivity index (χ2v) is 3.17. The van der Waals surface area contributed by atoms with Crippen LogP contribution in [-0.4, -0.2) is 17.0 Å². The SMILES string of the molecule is NC(CCl)=Nc1ccc(C(=O)Cl)cc1. The Kier molecular flexibility index (Phi) is 3.92. The van der Waals surface area contributed by atoms with E-state index in [0.29, 0.717) is 17.1 Å². The molecule has 0 bridgehead atoms. The molecule has 0 aliphatic heterocycles. The Bertz CT molecular complexity index is 360. The van der Waals surface area contributed by atoms with Gasteiger partial charge in [-0.15, -0.1) is 11.6 Å². The van der Waals surface area contributed by atoms with Crippen LogP contribution in [0.3, 0.4) is 0 Å². The third kappa shape index (κ3) is 3.01. The summed E-state index contributed by atoms with van der Waals surface area (Å²) in [5.41, 5.74) is 6.50. The first-order valence-corrected chi connectivity index (χ1v) is 4.73. The molecule has 1 aromatic rings. The third-order valence-corrected chi connectivity index (χ3v) is 2.00. The predicted octanol–water partition coefficient (Wildman–Crippen LogP) is 2.29. The van der Waals surface area contributed by atoms with Crippen molar-refractivity contribution in [2.24, 2.45) is 10.7 Å². The Morgan fingerprint density at radius 3 is 2.36 bits per heavy atom. The van der Waals surface area contributed by atoms with Gasteiger partial charge >= 0.3 is 0 Å². The maximum Gasteiger partial charge on any atom is 0.252 e. The fourth-order valence-electron chi connectivity index (χ4n) is 0.863. The van der Waals surface area contributed by atoms with Gasteiger partial charge in [0, 0.05) is 5.56 Å². The van der Waals surface area contributed by atoms with E-state index in [1.807, 2.05) is 0 Å². The van der Waals surface area contributed by atoms with E-state index in [1.54, 1.807) is 24.3 Å². The van der Waals surface area contributed by atoms with Crippen molar-refractivity contribution < 1.29 is 4.79 Å². The highest BCUT2D eigenvalue weighted by atomic mass is 35.5. The summed E-state index contributed by atoms with van der Waals surface area (Å²) in [4.78, 5) is 14.7. The summed E-state index contributed by atoms with van der Waals surface area (Å²) in [6.45, 7) is 0. The number of hydrogen-bond acceptors (Lipinski definition) is 2. The number of hydrogen-bond donors (Lipinski definition) is 1. The molecule has 0 aliphatic carbocycles. The number of nitrogens with two attached hydrogens (primary N) is 1. The second-order valence-electron chi connectivity index (χ2n) is 2.56. The monoisotopic (exact) mass is 230 g/mol. The number of halogens is 2. The highest BCUT2D eigenvalue weighted by Gasteiger charge is 2.00. The molecule has 2 N–H and O–H groups in total. The van der Waals surface area contributed by atoms with Crippen LogP contribution in [0.4, 0.5) is 5.69 Å². The molecule has 1 rings (SSSR count). The number of aliphatic imine (C=N–C) groups is 1. The van der Waals surface area contributed by atoms with Gasteiger partial charge in [-0.3, -0.25) is 4.79 Å². The second kappa shape index (κ2) is 4.98. The average Bonchev–Trinajstić information content (AvgIpc) is 2.18. The Morgan fingerprint density at radius 2 is 1.93 bits per heavy atom. The zero-order chi connectivity index (χ0) is 10.6. The summed E-state index contributed by atoms with van der Waals surface area (Å²) in [5, 5.41) is -0.495. The van der Waals surface area contributed by atoms with Crippen molar-refractivity contribution in [3.63, 3.8) is 0 Å². The lowest BCUT2D eigenvalue weighted by atomic mass is 10.2. The molecular formula is C9H8Cl2N2O. The molecule has 0 unspecified atom stereocenters. The van der Waals surface area contributed by atoms with Crippen LogP contribution in [-0.2, 0) is 0 Å². The molecule has 3 nitrogen and oxygen atoms in total. The predicted molar refractivity (Wildman–Crippen MR) is 58.6 cm³/mol. The molecule has 74 valence electrons. The van der Waals surface area contributed by atoms with Crippen LogP contribution in [0.15, 0.2) is 29.3 Å². The van der Waals surface area contributed by atoms with E-state index >= 15 is 0 Å². The van der Waals surface area contributed by atoms with Crippen LogP contribution in [0, 0.1) is 0 Å². The van der Waals surface area contributed by atoms with Gasteiger partial charge in [-0.1, -0.05) is 0 Å². The lowest BCUT2D eigenvalue weighted by Gasteiger charge is -1.97. The molecule has 0 aromatic heterocycles. The molecule has 0 amide bonds. The number of rotatable bonds is 3. The molecule has 1 aromatic carbocycles. The van der Waals surface area contributed by atoms with E-state index in [9.17, 15) is 4.79 Å². The molecule has 0 atom stereocenters. The van der Waals surface area contributed by atoms with Gasteiger partial charge in [-0.05, 0) is 35.9 Å². The van der Waals surface area contributed by atoms with E-state index in [4.69, 9.17) is 28.9 Å². The Morgan fingerprint density at radius 1 is 1.36 bits per heavy atom. The van der Waals surface area contributed by atoms with Gasteiger partial charge in [0.05, 0.1) is 11.6 Å². The normalized spacial score (nSPS) is 11.4. The van der Waals surface area contributed by atoms with Gasteiger partial charge in [-0.25, -0.2) is 4.99 Å². The summed E-state index contributed by atoms with van der Waals surface area (Å²) in [7, 11) is 0. The van der Waals surface area contributed by atoms with Crippen molar-refractivity contribution in [3.05, 3.63) is 29.8 Å². The molecule has 0 radical (unpaired) electrons. The largest absolute Gasteiger partial charge is 0.386 e. The van der Waals surface area contributed by atoms with Crippen LogP contribution >= 0.6 is 23.2 Å². The number of amidine groups is 1. The minimum Gasteiger partial charge on any atom is -0.386 e. The number of carbonyl (C=O) groups excluding carboxylic acids is 1. The van der Waals surface area contributed by atoms with Crippen molar-refractivity contribution in [2.75, 3.05) is 5.88 Å². The van der Waals surface area contributed by atoms with Crippen LogP contribution in [0.25, 0.3) is 0 Å². The molecule has 0 heterocycles. The van der Waals surface area contributed by atoms with Crippen molar-refractivity contribution >= 4 is 40.0 Å². The molecule has 0 spiro atoms. The third-order valence-electron chi connectivity index (χ3n) is 1.50. The van der Waals surface area contributed by atoms with E-state index in [2.05, 4.69) is 4.99 Å². The zero-order valence-corrected chi connectivity index (χ0v) is 8.72. The number of nitrogens with zero attached hydrogens (tertiary/aromatic N) is 1. The lowest BCUT2D eigenvalue weighted by Crippen LogP contribution is -2.12. The van der Waals surface area contributed by atoms with Crippen LogP contribution < -0.4 is 5.73 Å². The summed E-state index contributed by atoms with van der Waals surface area (Å²) in [6, 6.07) is 6.45. The lowest BCUT2D eigenvalue weighted by molar-refractivity contribution is 0.108. The summed E-state index contributed by atoms with van der Waals surface area (Å²) < 4.78 is 0. The highest BCUT2D eigenvalue weighted by molar-refractivity contribution is 6.67. The number of carbonyl (C=O) groups is 1. The van der Waals surface area contributed by atoms with E-state index < -0.39 is 5.24 Å². The van der Waals surface area contributed by atoms with E-state index in [0.717, 1.165) is 0 Å². The van der Waals surface area contributed by atoms with Crippen molar-refractivity contribution in [2.45, 2.75) is 0 Å². The Balaban J connectivity index is 2.89. The van der Waals surface area contributed by atoms with E-state index in [1.165, 1.54) is 0 Å². The van der Waals surface area contributed by atoms with Gasteiger partial charge in [0.2, 0.25) is 0 Å². The minimum atomic E-state index is -0.495. The molecule has 0 fully saturated rings. The van der Waals surface area contributed by atoms with Gasteiger partial charge < -0.3 is 5.73 Å². The topological polar surface area (TPSA) is 55.4 Å². The smallest absolute Gasteiger partial charge is 0.252 e. The average molecular weight is 231 g/mol.